The number of nitrogens with zero attached hydrogens (tertiary/aromatic N) is 8. The van der Waals surface area contributed by atoms with E-state index in [0.717, 1.165) is 32.2 Å². The van der Waals surface area contributed by atoms with Crippen LogP contribution in [0, 0.1) is 24.0 Å². The van der Waals surface area contributed by atoms with Crippen LogP contribution in [-0.2, 0) is 0 Å². The van der Waals surface area contributed by atoms with Crippen LogP contribution < -0.4 is 15.0 Å². The second-order valence-electron chi connectivity index (χ2n) is 13.2. The molecule has 9 rings (SSSR count). The van der Waals surface area contributed by atoms with E-state index in [1.165, 1.54) is 28.8 Å². The topological polar surface area (TPSA) is 117 Å². The van der Waals surface area contributed by atoms with Gasteiger partial charge in [0.05, 0.1) is 16.5 Å². The maximum absolute atomic E-state index is 17.3. The van der Waals surface area contributed by atoms with Crippen LogP contribution in [0.4, 0.5) is 19.0 Å². The maximum Gasteiger partial charge on any atom is 0.319 e. The van der Waals surface area contributed by atoms with Crippen molar-refractivity contribution in [3.8, 4) is 35.4 Å². The molecule has 4 aliphatic rings. The molecule has 7 heterocycles. The maximum atomic E-state index is 17.3. The van der Waals surface area contributed by atoms with E-state index >= 15 is 8.78 Å². The van der Waals surface area contributed by atoms with Crippen LogP contribution in [0.5, 0.6) is 11.8 Å². The summed E-state index contributed by atoms with van der Waals surface area (Å²) >= 11 is 0. The molecule has 4 fully saturated rings. The second kappa shape index (κ2) is 10.4. The van der Waals surface area contributed by atoms with Crippen molar-refractivity contribution in [2.45, 2.75) is 55.9 Å². The molecule has 11 nitrogen and oxygen atoms in total. The van der Waals surface area contributed by atoms with Gasteiger partial charge in [-0.05, 0) is 66.2 Å². The van der Waals surface area contributed by atoms with Gasteiger partial charge in [-0.15, -0.1) is 11.5 Å². The van der Waals surface area contributed by atoms with E-state index in [1.807, 2.05) is 0 Å². The predicted molar refractivity (Wildman–Crippen MR) is 167 cm³/mol. The molecule has 4 aliphatic heterocycles. The monoisotopic (exact) mass is 641 g/mol. The lowest BCUT2D eigenvalue weighted by atomic mass is 9.95. The number of benzene rings is 2. The summed E-state index contributed by atoms with van der Waals surface area (Å²) < 4.78 is 54.3. The highest BCUT2D eigenvalue weighted by Crippen LogP contribution is 2.43. The first-order valence-electron chi connectivity index (χ1n) is 15.9. The summed E-state index contributed by atoms with van der Waals surface area (Å²) in [4.78, 5) is 13.7. The Balaban J connectivity index is 1.28. The fraction of sp³-hybridized carbons (Fsp3) is 0.424. The predicted octanol–water partition coefficient (Wildman–Crippen LogP) is 3.75. The molecular weight excluding hydrogens is 611 g/mol. The number of alkyl halides is 1. The molecular formula is C33H30F3N9O2. The van der Waals surface area contributed by atoms with Crippen molar-refractivity contribution in [3.05, 3.63) is 41.5 Å². The van der Waals surface area contributed by atoms with Gasteiger partial charge < -0.3 is 20.1 Å². The fourth-order valence-electron chi connectivity index (χ4n) is 8.39. The minimum Gasteiger partial charge on any atom is -0.508 e. The van der Waals surface area contributed by atoms with Crippen LogP contribution >= 0.6 is 0 Å². The van der Waals surface area contributed by atoms with E-state index in [0.29, 0.717) is 42.6 Å². The van der Waals surface area contributed by atoms with Crippen molar-refractivity contribution in [3.63, 3.8) is 0 Å². The average molecular weight is 642 g/mol. The fourth-order valence-corrected chi connectivity index (χ4v) is 8.39. The first-order chi connectivity index (χ1) is 22.8. The van der Waals surface area contributed by atoms with Gasteiger partial charge in [0, 0.05) is 49.1 Å². The van der Waals surface area contributed by atoms with Gasteiger partial charge in [0.15, 0.2) is 11.5 Å². The van der Waals surface area contributed by atoms with Gasteiger partial charge in [-0.3, -0.25) is 4.90 Å². The number of aromatic hydroxyl groups is 1. The Hall–Kier alpha value is -4.74. The number of terminal acetylenes is 1. The molecule has 0 aliphatic carbocycles. The lowest BCUT2D eigenvalue weighted by Crippen LogP contribution is -2.51. The summed E-state index contributed by atoms with van der Waals surface area (Å²) in [6.45, 7) is 2.58. The zero-order chi connectivity index (χ0) is 32.0. The number of piperazine rings is 1. The van der Waals surface area contributed by atoms with E-state index in [2.05, 4.69) is 41.5 Å². The quantitative estimate of drug-likeness (QED) is 0.275. The number of ether oxygens (including phenoxy) is 1. The zero-order valence-corrected chi connectivity index (χ0v) is 25.3. The number of phenols is 1. The van der Waals surface area contributed by atoms with Crippen molar-refractivity contribution < 1.29 is 23.0 Å². The Morgan fingerprint density at radius 2 is 1.94 bits per heavy atom. The summed E-state index contributed by atoms with van der Waals surface area (Å²) in [7, 11) is 0. The van der Waals surface area contributed by atoms with E-state index in [-0.39, 0.29) is 63.8 Å². The van der Waals surface area contributed by atoms with Crippen molar-refractivity contribution in [2.24, 2.45) is 0 Å². The molecule has 4 saturated heterocycles. The molecule has 47 heavy (non-hydrogen) atoms. The molecule has 0 unspecified atom stereocenters. The molecule has 2 aromatic carbocycles. The third-order valence-electron chi connectivity index (χ3n) is 10.4. The van der Waals surface area contributed by atoms with Gasteiger partial charge in [-0.2, -0.15) is 14.5 Å². The van der Waals surface area contributed by atoms with Crippen LogP contribution in [0.1, 0.15) is 37.7 Å². The normalized spacial score (nSPS) is 25.7. The minimum absolute atomic E-state index is 0.0419. The summed E-state index contributed by atoms with van der Waals surface area (Å²) in [6.07, 6.45) is 8.91. The first-order valence-corrected chi connectivity index (χ1v) is 15.9. The Kier molecular flexibility index (Phi) is 6.29. The van der Waals surface area contributed by atoms with E-state index in [9.17, 15) is 9.50 Å². The molecule has 0 saturated carbocycles. The van der Waals surface area contributed by atoms with Gasteiger partial charge >= 0.3 is 6.01 Å². The van der Waals surface area contributed by atoms with Gasteiger partial charge in [0.2, 0.25) is 0 Å². The van der Waals surface area contributed by atoms with Gasteiger partial charge in [-0.1, -0.05) is 12.0 Å². The van der Waals surface area contributed by atoms with Crippen LogP contribution in [0.3, 0.4) is 0 Å². The third-order valence-corrected chi connectivity index (χ3v) is 10.4. The Morgan fingerprint density at radius 1 is 1.11 bits per heavy atom. The van der Waals surface area contributed by atoms with Gasteiger partial charge in [0.25, 0.3) is 0 Å². The third kappa shape index (κ3) is 4.33. The number of aromatic nitrogens is 6. The number of halogens is 3. The summed E-state index contributed by atoms with van der Waals surface area (Å²) in [5, 5.41) is 27.5. The average Bonchev–Trinajstić information content (AvgIpc) is 3.83. The molecule has 240 valence electrons. The number of tetrazole rings is 1. The highest BCUT2D eigenvalue weighted by atomic mass is 19.1. The number of fused-ring (bicyclic) bond motifs is 7. The Bertz CT molecular complexity index is 2140. The molecule has 0 spiro atoms. The SMILES string of the molecule is C#Cc1c(F)ccc2cc(O)cc(-c3c(F)c4nc(OC[C@@]56CCCN5C[C@H](F)C6)nc(N5C[C@H]6CC[C@@H](C5)N6)c4c4nnnn34)c12. The number of anilines is 1. The Morgan fingerprint density at radius 3 is 2.74 bits per heavy atom. The van der Waals surface area contributed by atoms with Crippen molar-refractivity contribution >= 4 is 33.1 Å². The number of nitrogens with one attached hydrogen (secondary N) is 1. The van der Waals surface area contributed by atoms with Gasteiger partial charge in [-0.25, -0.2) is 13.2 Å². The standard InChI is InChI=1S/C33H30F3N9O2/c1-2-22-24(35)7-4-17-10-21(46)11-23(25(17)22)29-27(36)28-26(31-40-41-42-45(29)31)30(43-14-19-5-6-20(15-43)37-19)39-32(38-28)47-16-33-8-3-9-44(33)13-18(34)12-33/h1,4,7,10-11,18-20,37,46H,3,5-6,8-9,12-16H2/t18-,19-,20+,33+/m1/s1. The first kappa shape index (κ1) is 28.5. The van der Waals surface area contributed by atoms with Crippen molar-refractivity contribution in [1.29, 1.82) is 0 Å². The van der Waals surface area contributed by atoms with Crippen LogP contribution in [0.2, 0.25) is 0 Å². The number of hydrogen-bond acceptors (Lipinski definition) is 10. The number of hydrogen-bond donors (Lipinski definition) is 2. The molecule has 0 radical (unpaired) electrons. The molecule has 2 bridgehead atoms. The number of phenolic OH excluding ortho intramolecular Hbond substituents is 1. The highest BCUT2D eigenvalue weighted by Gasteiger charge is 2.49. The molecule has 14 heteroatoms. The zero-order valence-electron chi connectivity index (χ0n) is 25.3. The largest absolute Gasteiger partial charge is 0.508 e. The van der Waals surface area contributed by atoms with E-state index in [1.54, 1.807) is 0 Å². The van der Waals surface area contributed by atoms with E-state index < -0.39 is 23.3 Å². The lowest BCUT2D eigenvalue weighted by molar-refractivity contribution is 0.107. The molecule has 2 N–H and O–H groups in total. The molecule has 5 aromatic rings. The Labute approximate surface area is 266 Å². The van der Waals surface area contributed by atoms with Gasteiger partial charge in [0.1, 0.15) is 41.4 Å². The number of pyridine rings is 1. The van der Waals surface area contributed by atoms with E-state index in [4.69, 9.17) is 16.1 Å². The van der Waals surface area contributed by atoms with Crippen LogP contribution in [0.25, 0.3) is 38.6 Å². The highest BCUT2D eigenvalue weighted by molar-refractivity contribution is 6.06. The van der Waals surface area contributed by atoms with Crippen molar-refractivity contribution in [1.82, 2.24) is 40.2 Å². The molecule has 0 amide bonds. The van der Waals surface area contributed by atoms with Crippen molar-refractivity contribution in [2.75, 3.05) is 37.7 Å². The summed E-state index contributed by atoms with van der Waals surface area (Å²) in [6, 6.07) is 5.83. The molecule has 4 atom stereocenters. The molecule has 3 aromatic heterocycles. The summed E-state index contributed by atoms with van der Waals surface area (Å²) in [5.41, 5.74) is -0.549. The lowest BCUT2D eigenvalue weighted by Gasteiger charge is -2.34. The second-order valence-corrected chi connectivity index (χ2v) is 13.2. The summed E-state index contributed by atoms with van der Waals surface area (Å²) in [5.74, 6) is 1.13. The number of rotatable bonds is 5. The van der Waals surface area contributed by atoms with Crippen LogP contribution in [0.15, 0.2) is 24.3 Å². The van der Waals surface area contributed by atoms with Crippen LogP contribution in [-0.4, -0.2) is 96.6 Å². The smallest absolute Gasteiger partial charge is 0.319 e. The minimum atomic E-state index is -0.938.